The molecule has 1 aliphatic heterocycles. The first-order valence-corrected chi connectivity index (χ1v) is 10.7. The van der Waals surface area contributed by atoms with Gasteiger partial charge in [0.2, 0.25) is 15.9 Å². The van der Waals surface area contributed by atoms with Crippen LogP contribution in [0.25, 0.3) is 0 Å². The van der Waals surface area contributed by atoms with Gasteiger partial charge in [-0.25, -0.2) is 8.42 Å². The molecule has 0 unspecified atom stereocenters. The molecule has 5 nitrogen and oxygen atoms in total. The van der Waals surface area contributed by atoms with Crippen molar-refractivity contribution in [3.63, 3.8) is 0 Å². The fourth-order valence-corrected chi connectivity index (χ4v) is 5.10. The quantitative estimate of drug-likeness (QED) is 0.858. The van der Waals surface area contributed by atoms with Gasteiger partial charge in [-0.2, -0.15) is 4.72 Å². The predicted octanol–water partition coefficient (Wildman–Crippen LogP) is 3.20. The number of carbonyl (C=O) groups is 1. The summed E-state index contributed by atoms with van der Waals surface area (Å²) in [6.07, 6.45) is 0.788. The van der Waals surface area contributed by atoms with Gasteiger partial charge in [0.05, 0.1) is 4.90 Å². The SMILES string of the molecule is Cc1ccc(C)c(S(=O)(=O)N[C@H](C(=O)N2CCc3ccccc32)C(C)C)c1. The van der Waals surface area contributed by atoms with Crippen molar-refractivity contribution in [3.8, 4) is 0 Å². The molecule has 0 bridgehead atoms. The van der Waals surface area contributed by atoms with E-state index in [0.29, 0.717) is 12.1 Å². The molecule has 0 saturated carbocycles. The molecule has 6 heteroatoms. The van der Waals surface area contributed by atoms with Crippen molar-refractivity contribution < 1.29 is 13.2 Å². The number of hydrogen-bond donors (Lipinski definition) is 1. The Bertz CT molecular complexity index is 967. The van der Waals surface area contributed by atoms with E-state index in [2.05, 4.69) is 4.72 Å². The van der Waals surface area contributed by atoms with Crippen molar-refractivity contribution >= 4 is 21.6 Å². The van der Waals surface area contributed by atoms with Gasteiger partial charge in [0.15, 0.2) is 0 Å². The van der Waals surface area contributed by atoms with Gasteiger partial charge in [-0.1, -0.05) is 44.2 Å². The van der Waals surface area contributed by atoms with E-state index in [4.69, 9.17) is 0 Å². The molecule has 2 aromatic carbocycles. The van der Waals surface area contributed by atoms with Crippen molar-refractivity contribution in [2.45, 2.75) is 45.1 Å². The monoisotopic (exact) mass is 386 g/mol. The second kappa shape index (κ2) is 7.44. The molecule has 0 fully saturated rings. The lowest BCUT2D eigenvalue weighted by Gasteiger charge is -2.27. The zero-order valence-corrected chi connectivity index (χ0v) is 17.0. The van der Waals surface area contributed by atoms with Gasteiger partial charge < -0.3 is 4.90 Å². The first-order valence-electron chi connectivity index (χ1n) is 9.19. The van der Waals surface area contributed by atoms with Crippen LogP contribution >= 0.6 is 0 Å². The number of para-hydroxylation sites is 1. The van der Waals surface area contributed by atoms with Gasteiger partial charge in [0.1, 0.15) is 6.04 Å². The fraction of sp³-hybridized carbons (Fsp3) is 0.381. The first-order chi connectivity index (χ1) is 12.7. The molecule has 0 saturated heterocycles. The number of carbonyl (C=O) groups excluding carboxylic acids is 1. The molecule has 0 aliphatic carbocycles. The molecule has 1 atom stereocenters. The number of rotatable bonds is 5. The fourth-order valence-electron chi connectivity index (χ4n) is 3.43. The average Bonchev–Trinajstić information content (AvgIpc) is 3.05. The van der Waals surface area contributed by atoms with Gasteiger partial charge in [-0.15, -0.1) is 0 Å². The van der Waals surface area contributed by atoms with E-state index in [1.807, 2.05) is 51.1 Å². The molecule has 0 spiro atoms. The van der Waals surface area contributed by atoms with Gasteiger partial charge in [-0.3, -0.25) is 4.79 Å². The van der Waals surface area contributed by atoms with Crippen molar-refractivity contribution in [2.24, 2.45) is 5.92 Å². The lowest BCUT2D eigenvalue weighted by Crippen LogP contribution is -2.51. The summed E-state index contributed by atoms with van der Waals surface area (Å²) in [6, 6.07) is 12.3. The molecule has 1 aliphatic rings. The lowest BCUT2D eigenvalue weighted by atomic mass is 10.0. The maximum Gasteiger partial charge on any atom is 0.245 e. The zero-order valence-electron chi connectivity index (χ0n) is 16.2. The number of anilines is 1. The van der Waals surface area contributed by atoms with Crippen LogP contribution in [-0.4, -0.2) is 26.9 Å². The number of sulfonamides is 1. The summed E-state index contributed by atoms with van der Waals surface area (Å²) in [5, 5.41) is 0. The Hall–Kier alpha value is -2.18. The highest BCUT2D eigenvalue weighted by Gasteiger charge is 2.35. The molecule has 1 amide bonds. The minimum atomic E-state index is -3.81. The van der Waals surface area contributed by atoms with Crippen LogP contribution in [0.2, 0.25) is 0 Å². The maximum absolute atomic E-state index is 13.2. The highest BCUT2D eigenvalue weighted by molar-refractivity contribution is 7.89. The van der Waals surface area contributed by atoms with Crippen molar-refractivity contribution in [3.05, 3.63) is 59.2 Å². The van der Waals surface area contributed by atoms with Crippen molar-refractivity contribution in [2.75, 3.05) is 11.4 Å². The third-order valence-corrected chi connectivity index (χ3v) is 6.58. The number of benzene rings is 2. The van der Waals surface area contributed by atoms with Crippen LogP contribution < -0.4 is 9.62 Å². The van der Waals surface area contributed by atoms with Crippen LogP contribution in [0.3, 0.4) is 0 Å². The molecule has 144 valence electrons. The second-order valence-electron chi connectivity index (χ2n) is 7.48. The topological polar surface area (TPSA) is 66.5 Å². The third kappa shape index (κ3) is 3.92. The summed E-state index contributed by atoms with van der Waals surface area (Å²) < 4.78 is 28.7. The zero-order chi connectivity index (χ0) is 19.8. The number of amides is 1. The minimum absolute atomic E-state index is 0.176. The largest absolute Gasteiger partial charge is 0.310 e. The molecule has 1 heterocycles. The van der Waals surface area contributed by atoms with Crippen LogP contribution in [0.5, 0.6) is 0 Å². The van der Waals surface area contributed by atoms with Crippen molar-refractivity contribution in [1.82, 2.24) is 4.72 Å². The van der Waals surface area contributed by atoms with E-state index in [-0.39, 0.29) is 16.7 Å². The Balaban J connectivity index is 1.91. The summed E-state index contributed by atoms with van der Waals surface area (Å²) in [5.41, 5.74) is 3.52. The Kier molecular flexibility index (Phi) is 5.40. The van der Waals surface area contributed by atoms with E-state index in [9.17, 15) is 13.2 Å². The number of hydrogen-bond acceptors (Lipinski definition) is 3. The highest BCUT2D eigenvalue weighted by atomic mass is 32.2. The second-order valence-corrected chi connectivity index (χ2v) is 9.16. The van der Waals surface area contributed by atoms with Crippen LogP contribution in [0, 0.1) is 19.8 Å². The number of nitrogens with one attached hydrogen (secondary N) is 1. The molecular weight excluding hydrogens is 360 g/mol. The van der Waals surface area contributed by atoms with Crippen LogP contribution in [0.4, 0.5) is 5.69 Å². The molecule has 0 aromatic heterocycles. The first kappa shape index (κ1) is 19.6. The van der Waals surface area contributed by atoms with Gasteiger partial charge >= 0.3 is 0 Å². The number of aryl methyl sites for hydroxylation is 2. The molecule has 1 N–H and O–H groups in total. The Morgan fingerprint density at radius 1 is 1.11 bits per heavy atom. The number of fused-ring (bicyclic) bond motifs is 1. The van der Waals surface area contributed by atoms with Gasteiger partial charge in [0, 0.05) is 12.2 Å². The highest BCUT2D eigenvalue weighted by Crippen LogP contribution is 2.29. The third-order valence-electron chi connectivity index (χ3n) is 5.00. The normalized spacial score (nSPS) is 15.1. The molecular formula is C21H26N2O3S. The van der Waals surface area contributed by atoms with E-state index in [0.717, 1.165) is 23.2 Å². The summed E-state index contributed by atoms with van der Waals surface area (Å²) in [7, 11) is -3.81. The molecule has 0 radical (unpaired) electrons. The van der Waals surface area contributed by atoms with E-state index >= 15 is 0 Å². The van der Waals surface area contributed by atoms with Crippen molar-refractivity contribution in [1.29, 1.82) is 0 Å². The average molecular weight is 387 g/mol. The Labute approximate surface area is 161 Å². The predicted molar refractivity (Wildman–Crippen MR) is 107 cm³/mol. The van der Waals surface area contributed by atoms with Crippen LogP contribution in [0.15, 0.2) is 47.4 Å². The van der Waals surface area contributed by atoms with E-state index in [1.165, 1.54) is 0 Å². The minimum Gasteiger partial charge on any atom is -0.310 e. The Morgan fingerprint density at radius 3 is 2.52 bits per heavy atom. The Morgan fingerprint density at radius 2 is 1.81 bits per heavy atom. The van der Waals surface area contributed by atoms with Gasteiger partial charge in [-0.05, 0) is 55.0 Å². The summed E-state index contributed by atoms with van der Waals surface area (Å²) >= 11 is 0. The van der Waals surface area contributed by atoms with Crippen LogP contribution in [0.1, 0.15) is 30.5 Å². The lowest BCUT2D eigenvalue weighted by molar-refractivity contribution is -0.121. The smallest absolute Gasteiger partial charge is 0.245 e. The standard InChI is InChI=1S/C21H26N2O3S/c1-14(2)20(21(24)23-12-11-17-7-5-6-8-18(17)23)22-27(25,26)19-13-15(3)9-10-16(19)4/h5-10,13-14,20,22H,11-12H2,1-4H3/t20-/m0/s1. The van der Waals surface area contributed by atoms with E-state index in [1.54, 1.807) is 24.0 Å². The summed E-state index contributed by atoms with van der Waals surface area (Å²) in [4.78, 5) is 15.1. The molecule has 27 heavy (non-hydrogen) atoms. The maximum atomic E-state index is 13.2. The summed E-state index contributed by atoms with van der Waals surface area (Å²) in [5.74, 6) is -0.381. The summed E-state index contributed by atoms with van der Waals surface area (Å²) in [6.45, 7) is 7.90. The van der Waals surface area contributed by atoms with E-state index < -0.39 is 16.1 Å². The van der Waals surface area contributed by atoms with Crippen LogP contribution in [-0.2, 0) is 21.2 Å². The molecule has 3 rings (SSSR count). The number of nitrogens with zero attached hydrogens (tertiary/aromatic N) is 1. The molecule has 2 aromatic rings. The van der Waals surface area contributed by atoms with Gasteiger partial charge in [0.25, 0.3) is 0 Å².